The highest BCUT2D eigenvalue weighted by Gasteiger charge is 2.40. The number of carboxylic acid groups (broad SMARTS) is 2. The summed E-state index contributed by atoms with van der Waals surface area (Å²) in [5, 5.41) is 18.0. The first kappa shape index (κ1) is 15.2. The van der Waals surface area contributed by atoms with E-state index >= 15 is 0 Å². The van der Waals surface area contributed by atoms with Crippen molar-refractivity contribution in [3.05, 3.63) is 35.9 Å². The predicted molar refractivity (Wildman–Crippen MR) is 69.0 cm³/mol. The maximum Gasteiger partial charge on any atom is 0.336 e. The zero-order valence-electron chi connectivity index (χ0n) is 10.8. The molecule has 1 aromatic rings. The summed E-state index contributed by atoms with van der Waals surface area (Å²) in [5.74, 6) is -2.41. The standard InChI is InChI=1S/C14H18O5/c1-19-14(13(17)18,10-12(15)16)9-5-8-11-6-3-2-4-7-11/h2-4,6-7H,5,8-10H2,1H3,(H,15,16)(H,17,18). The van der Waals surface area contributed by atoms with Gasteiger partial charge in [0.15, 0.2) is 5.60 Å². The van der Waals surface area contributed by atoms with Crippen LogP contribution in [0.2, 0.25) is 0 Å². The van der Waals surface area contributed by atoms with Crippen molar-refractivity contribution in [1.82, 2.24) is 0 Å². The number of hydrogen-bond donors (Lipinski definition) is 2. The van der Waals surface area contributed by atoms with Gasteiger partial charge in [0.1, 0.15) is 0 Å². The normalized spacial score (nSPS) is 13.7. The Kier molecular flexibility index (Phi) is 5.51. The number of carbonyl (C=O) groups is 2. The van der Waals surface area contributed by atoms with E-state index in [2.05, 4.69) is 0 Å². The molecule has 0 saturated carbocycles. The molecule has 0 amide bonds. The zero-order chi connectivity index (χ0) is 14.3. The molecule has 0 aliphatic carbocycles. The Bertz CT molecular complexity index is 429. The Labute approximate surface area is 111 Å². The molecule has 1 aromatic carbocycles. The van der Waals surface area contributed by atoms with Gasteiger partial charge in [0.05, 0.1) is 6.42 Å². The number of rotatable bonds is 8. The van der Waals surface area contributed by atoms with Crippen LogP contribution in [0.1, 0.15) is 24.8 Å². The van der Waals surface area contributed by atoms with Gasteiger partial charge in [0, 0.05) is 7.11 Å². The monoisotopic (exact) mass is 266 g/mol. The minimum Gasteiger partial charge on any atom is -0.481 e. The molecular formula is C14H18O5. The van der Waals surface area contributed by atoms with Crippen LogP contribution in [0.3, 0.4) is 0 Å². The number of methoxy groups -OCH3 is 1. The minimum absolute atomic E-state index is 0.167. The van der Waals surface area contributed by atoms with Gasteiger partial charge >= 0.3 is 11.9 Å². The first-order chi connectivity index (χ1) is 9.00. The molecule has 0 radical (unpaired) electrons. The topological polar surface area (TPSA) is 83.8 Å². The number of hydrogen-bond acceptors (Lipinski definition) is 3. The molecular weight excluding hydrogens is 248 g/mol. The van der Waals surface area contributed by atoms with Crippen LogP contribution in [-0.4, -0.2) is 34.9 Å². The van der Waals surface area contributed by atoms with Crippen LogP contribution in [0.25, 0.3) is 0 Å². The van der Waals surface area contributed by atoms with E-state index in [4.69, 9.17) is 9.84 Å². The van der Waals surface area contributed by atoms with Crippen molar-refractivity contribution in [2.24, 2.45) is 0 Å². The van der Waals surface area contributed by atoms with Crippen LogP contribution in [-0.2, 0) is 20.7 Å². The molecule has 0 aromatic heterocycles. The molecule has 19 heavy (non-hydrogen) atoms. The van der Waals surface area contributed by atoms with Crippen molar-refractivity contribution in [3.8, 4) is 0 Å². The van der Waals surface area contributed by atoms with E-state index in [9.17, 15) is 14.7 Å². The van der Waals surface area contributed by atoms with Gasteiger partial charge in [-0.15, -0.1) is 0 Å². The van der Waals surface area contributed by atoms with Gasteiger partial charge in [-0.1, -0.05) is 30.3 Å². The third-order valence-electron chi connectivity index (χ3n) is 3.11. The molecule has 0 bridgehead atoms. The molecule has 1 atom stereocenters. The molecule has 5 nitrogen and oxygen atoms in total. The highest BCUT2D eigenvalue weighted by molar-refractivity contribution is 5.83. The molecule has 1 rings (SSSR count). The maximum absolute atomic E-state index is 11.2. The number of carboxylic acids is 2. The second kappa shape index (κ2) is 6.89. The third-order valence-corrected chi connectivity index (χ3v) is 3.11. The van der Waals surface area contributed by atoms with Crippen LogP contribution in [0, 0.1) is 0 Å². The summed E-state index contributed by atoms with van der Waals surface area (Å²) in [5.41, 5.74) is -0.547. The summed E-state index contributed by atoms with van der Waals surface area (Å²) in [6.45, 7) is 0. The maximum atomic E-state index is 11.2. The van der Waals surface area contributed by atoms with Crippen LogP contribution < -0.4 is 0 Å². The van der Waals surface area contributed by atoms with Crippen LogP contribution >= 0.6 is 0 Å². The minimum atomic E-state index is -1.64. The number of aryl methyl sites for hydroxylation is 1. The number of ether oxygens (including phenoxy) is 1. The van der Waals surface area contributed by atoms with Crippen LogP contribution in [0.5, 0.6) is 0 Å². The molecule has 0 heterocycles. The summed E-state index contributed by atoms with van der Waals surface area (Å²) in [4.78, 5) is 22.0. The van der Waals surface area contributed by atoms with E-state index in [1.54, 1.807) is 0 Å². The van der Waals surface area contributed by atoms with E-state index in [1.165, 1.54) is 7.11 Å². The summed E-state index contributed by atoms with van der Waals surface area (Å²) in [7, 11) is 1.24. The highest BCUT2D eigenvalue weighted by atomic mass is 16.5. The van der Waals surface area contributed by atoms with Gasteiger partial charge in [-0.25, -0.2) is 4.79 Å². The lowest BCUT2D eigenvalue weighted by Crippen LogP contribution is -2.42. The predicted octanol–water partition coefficient (Wildman–Crippen LogP) is 1.95. The lowest BCUT2D eigenvalue weighted by molar-refractivity contribution is -0.170. The fraction of sp³-hybridized carbons (Fsp3) is 0.429. The van der Waals surface area contributed by atoms with Gasteiger partial charge in [0.25, 0.3) is 0 Å². The average Bonchev–Trinajstić information content (AvgIpc) is 2.38. The highest BCUT2D eigenvalue weighted by Crippen LogP contribution is 2.23. The van der Waals surface area contributed by atoms with Crippen molar-refractivity contribution < 1.29 is 24.5 Å². The van der Waals surface area contributed by atoms with Crippen LogP contribution in [0.4, 0.5) is 0 Å². The fourth-order valence-corrected chi connectivity index (χ4v) is 2.00. The van der Waals surface area contributed by atoms with E-state index in [-0.39, 0.29) is 6.42 Å². The van der Waals surface area contributed by atoms with Crippen molar-refractivity contribution >= 4 is 11.9 Å². The molecule has 5 heteroatoms. The second-order valence-corrected chi connectivity index (χ2v) is 4.41. The summed E-state index contributed by atoms with van der Waals surface area (Å²) in [6.07, 6.45) is 0.879. The van der Waals surface area contributed by atoms with Gasteiger partial charge in [-0.3, -0.25) is 4.79 Å². The Morgan fingerprint density at radius 1 is 1.21 bits per heavy atom. The van der Waals surface area contributed by atoms with Crippen molar-refractivity contribution in [1.29, 1.82) is 0 Å². The van der Waals surface area contributed by atoms with Crippen molar-refractivity contribution in [3.63, 3.8) is 0 Å². The Balaban J connectivity index is 2.63. The average molecular weight is 266 g/mol. The molecule has 0 fully saturated rings. The van der Waals surface area contributed by atoms with Gasteiger partial charge in [0.2, 0.25) is 0 Å². The van der Waals surface area contributed by atoms with E-state index in [0.29, 0.717) is 12.8 Å². The Hall–Kier alpha value is -1.88. The third kappa shape index (κ3) is 4.37. The molecule has 0 aliphatic heterocycles. The molecule has 0 spiro atoms. The first-order valence-electron chi connectivity index (χ1n) is 6.04. The Morgan fingerprint density at radius 2 is 1.84 bits per heavy atom. The summed E-state index contributed by atoms with van der Waals surface area (Å²) >= 11 is 0. The van der Waals surface area contributed by atoms with Gasteiger partial charge in [-0.05, 0) is 24.8 Å². The lowest BCUT2D eigenvalue weighted by atomic mass is 9.91. The SMILES string of the molecule is COC(CCCc1ccccc1)(CC(=O)O)C(=O)O. The van der Waals surface area contributed by atoms with E-state index in [1.807, 2.05) is 30.3 Å². The van der Waals surface area contributed by atoms with Gasteiger partial charge < -0.3 is 14.9 Å². The largest absolute Gasteiger partial charge is 0.481 e. The van der Waals surface area contributed by atoms with E-state index < -0.39 is 24.0 Å². The van der Waals surface area contributed by atoms with Crippen LogP contribution in [0.15, 0.2) is 30.3 Å². The lowest BCUT2D eigenvalue weighted by Gasteiger charge is -2.26. The zero-order valence-corrected chi connectivity index (χ0v) is 10.8. The fourth-order valence-electron chi connectivity index (χ4n) is 2.00. The molecule has 1 unspecified atom stereocenters. The molecule has 104 valence electrons. The molecule has 2 N–H and O–H groups in total. The van der Waals surface area contributed by atoms with Gasteiger partial charge in [-0.2, -0.15) is 0 Å². The molecule has 0 aliphatic rings. The summed E-state index contributed by atoms with van der Waals surface area (Å²) in [6, 6.07) is 9.63. The number of benzene rings is 1. The van der Waals surface area contributed by atoms with E-state index in [0.717, 1.165) is 5.56 Å². The van der Waals surface area contributed by atoms with Crippen molar-refractivity contribution in [2.45, 2.75) is 31.3 Å². The van der Waals surface area contributed by atoms with Crippen molar-refractivity contribution in [2.75, 3.05) is 7.11 Å². The molecule has 0 saturated heterocycles. The number of aliphatic carboxylic acids is 2. The quantitative estimate of drug-likeness (QED) is 0.751. The second-order valence-electron chi connectivity index (χ2n) is 4.41. The Morgan fingerprint density at radius 3 is 2.32 bits per heavy atom. The smallest absolute Gasteiger partial charge is 0.336 e. The first-order valence-corrected chi connectivity index (χ1v) is 6.04. The summed E-state index contributed by atoms with van der Waals surface area (Å²) < 4.78 is 4.97.